The molecule has 0 fully saturated rings. The molecule has 0 aliphatic heterocycles. The Kier molecular flexibility index (Phi) is 3.73. The standard InChI is InChI=1S/C17H15FN2O3/c1-10-9-12(18)7-8-13(10)19-16(21)11(2)20-14-5-3-4-6-15(14)23-17(20)22/h3-9,11H,1-2H3,(H,19,21). The van der Waals surface area contributed by atoms with Gasteiger partial charge in [0.2, 0.25) is 5.91 Å². The van der Waals surface area contributed by atoms with Crippen LogP contribution in [0.1, 0.15) is 18.5 Å². The maximum atomic E-state index is 13.1. The summed E-state index contributed by atoms with van der Waals surface area (Å²) in [7, 11) is 0. The van der Waals surface area contributed by atoms with Gasteiger partial charge in [0.05, 0.1) is 5.52 Å². The second-order valence-electron chi connectivity index (χ2n) is 5.33. The van der Waals surface area contributed by atoms with Crippen LogP contribution in [0.15, 0.2) is 51.7 Å². The molecule has 3 rings (SSSR count). The Morgan fingerprint density at radius 3 is 2.74 bits per heavy atom. The van der Waals surface area contributed by atoms with Gasteiger partial charge in [0.15, 0.2) is 5.58 Å². The Balaban J connectivity index is 1.92. The lowest BCUT2D eigenvalue weighted by Gasteiger charge is -2.14. The number of hydrogen-bond donors (Lipinski definition) is 1. The first-order valence-electron chi connectivity index (χ1n) is 7.14. The number of nitrogens with zero attached hydrogens (tertiary/aromatic N) is 1. The molecule has 1 heterocycles. The van der Waals surface area contributed by atoms with E-state index in [2.05, 4.69) is 5.32 Å². The Morgan fingerprint density at radius 1 is 1.26 bits per heavy atom. The Morgan fingerprint density at radius 2 is 2.00 bits per heavy atom. The van der Waals surface area contributed by atoms with Crippen molar-refractivity contribution in [1.29, 1.82) is 0 Å². The van der Waals surface area contributed by atoms with Gasteiger partial charge in [-0.2, -0.15) is 0 Å². The first kappa shape index (κ1) is 15.0. The van der Waals surface area contributed by atoms with Crippen molar-refractivity contribution in [3.8, 4) is 0 Å². The molecule has 0 bridgehead atoms. The van der Waals surface area contributed by atoms with E-state index in [9.17, 15) is 14.0 Å². The number of rotatable bonds is 3. The molecule has 2 aromatic carbocycles. The largest absolute Gasteiger partial charge is 0.420 e. The van der Waals surface area contributed by atoms with Gasteiger partial charge in [-0.3, -0.25) is 9.36 Å². The Labute approximate surface area is 131 Å². The summed E-state index contributed by atoms with van der Waals surface area (Å²) in [5.41, 5.74) is 2.09. The quantitative estimate of drug-likeness (QED) is 0.807. The number of nitrogens with one attached hydrogen (secondary N) is 1. The highest BCUT2D eigenvalue weighted by molar-refractivity contribution is 5.95. The molecule has 3 aromatic rings. The maximum Gasteiger partial charge on any atom is 0.420 e. The van der Waals surface area contributed by atoms with E-state index in [4.69, 9.17) is 4.42 Å². The Hall–Kier alpha value is -2.89. The van der Waals surface area contributed by atoms with E-state index in [1.54, 1.807) is 38.1 Å². The second-order valence-corrected chi connectivity index (χ2v) is 5.33. The first-order chi connectivity index (χ1) is 11.0. The molecule has 5 nitrogen and oxygen atoms in total. The van der Waals surface area contributed by atoms with Crippen LogP contribution in [0.2, 0.25) is 0 Å². The van der Waals surface area contributed by atoms with Gasteiger partial charge in [0.1, 0.15) is 11.9 Å². The molecule has 1 unspecified atom stereocenters. The van der Waals surface area contributed by atoms with Crippen molar-refractivity contribution in [2.45, 2.75) is 19.9 Å². The highest BCUT2D eigenvalue weighted by Gasteiger charge is 2.21. The fourth-order valence-electron chi connectivity index (χ4n) is 2.47. The minimum atomic E-state index is -0.768. The molecule has 0 saturated carbocycles. The van der Waals surface area contributed by atoms with Gasteiger partial charge in [-0.25, -0.2) is 9.18 Å². The normalized spacial score (nSPS) is 12.3. The number of aromatic nitrogens is 1. The molecule has 0 aliphatic rings. The second kappa shape index (κ2) is 5.72. The number of fused-ring (bicyclic) bond motifs is 1. The maximum absolute atomic E-state index is 13.1. The molecule has 23 heavy (non-hydrogen) atoms. The molecule has 0 aliphatic carbocycles. The third-order valence-electron chi connectivity index (χ3n) is 3.73. The van der Waals surface area contributed by atoms with Gasteiger partial charge in [0, 0.05) is 5.69 Å². The lowest BCUT2D eigenvalue weighted by Crippen LogP contribution is -2.29. The van der Waals surface area contributed by atoms with Crippen molar-refractivity contribution < 1.29 is 13.6 Å². The molecule has 1 atom stereocenters. The minimum absolute atomic E-state index is 0.370. The highest BCUT2D eigenvalue weighted by atomic mass is 19.1. The number of aryl methyl sites for hydroxylation is 1. The van der Waals surface area contributed by atoms with Crippen LogP contribution in [-0.4, -0.2) is 10.5 Å². The fourth-order valence-corrected chi connectivity index (χ4v) is 2.47. The van der Waals surface area contributed by atoms with E-state index in [-0.39, 0.29) is 11.7 Å². The molecule has 6 heteroatoms. The third kappa shape index (κ3) is 2.75. The molecule has 1 amide bonds. The van der Waals surface area contributed by atoms with Crippen LogP contribution in [-0.2, 0) is 4.79 Å². The molecule has 118 valence electrons. The third-order valence-corrected chi connectivity index (χ3v) is 3.73. The SMILES string of the molecule is Cc1cc(F)ccc1NC(=O)C(C)n1c(=O)oc2ccccc21. The topological polar surface area (TPSA) is 64.2 Å². The lowest BCUT2D eigenvalue weighted by molar-refractivity contribution is -0.118. The van der Waals surface area contributed by atoms with Gasteiger partial charge in [0.25, 0.3) is 0 Å². The average Bonchev–Trinajstić information content (AvgIpc) is 2.85. The Bertz CT molecular complexity index is 942. The predicted molar refractivity (Wildman–Crippen MR) is 85.0 cm³/mol. The minimum Gasteiger partial charge on any atom is -0.408 e. The molecule has 0 radical (unpaired) electrons. The van der Waals surface area contributed by atoms with Crippen LogP contribution in [0.3, 0.4) is 0 Å². The van der Waals surface area contributed by atoms with Crippen molar-refractivity contribution in [2.24, 2.45) is 0 Å². The van der Waals surface area contributed by atoms with Crippen molar-refractivity contribution in [3.05, 3.63) is 64.4 Å². The highest BCUT2D eigenvalue weighted by Crippen LogP contribution is 2.20. The predicted octanol–water partition coefficient (Wildman–Crippen LogP) is 3.24. The van der Waals surface area contributed by atoms with Crippen LogP contribution < -0.4 is 11.1 Å². The summed E-state index contributed by atoms with van der Waals surface area (Å²) in [6.45, 7) is 3.31. The number of carbonyl (C=O) groups excluding carboxylic acids is 1. The zero-order valence-corrected chi connectivity index (χ0v) is 12.7. The molecular formula is C17H15FN2O3. The van der Waals surface area contributed by atoms with E-state index in [0.717, 1.165) is 0 Å². The summed E-state index contributed by atoms with van der Waals surface area (Å²) < 4.78 is 19.6. The number of oxazole rings is 1. The molecule has 1 N–H and O–H groups in total. The zero-order valence-electron chi connectivity index (χ0n) is 12.7. The van der Waals surface area contributed by atoms with E-state index >= 15 is 0 Å². The number of benzene rings is 2. The summed E-state index contributed by atoms with van der Waals surface area (Å²) in [6.07, 6.45) is 0. The summed E-state index contributed by atoms with van der Waals surface area (Å²) in [4.78, 5) is 24.5. The first-order valence-corrected chi connectivity index (χ1v) is 7.14. The van der Waals surface area contributed by atoms with Gasteiger partial charge >= 0.3 is 5.76 Å². The fraction of sp³-hybridized carbons (Fsp3) is 0.176. The number of carbonyl (C=O) groups is 1. The number of anilines is 1. The lowest BCUT2D eigenvalue weighted by atomic mass is 10.2. The van der Waals surface area contributed by atoms with E-state index in [1.165, 1.54) is 22.8 Å². The van der Waals surface area contributed by atoms with Crippen molar-refractivity contribution in [1.82, 2.24) is 4.57 Å². The number of para-hydroxylation sites is 2. The van der Waals surface area contributed by atoms with Gasteiger partial charge < -0.3 is 9.73 Å². The van der Waals surface area contributed by atoms with E-state index in [1.807, 2.05) is 0 Å². The van der Waals surface area contributed by atoms with Crippen LogP contribution in [0.4, 0.5) is 10.1 Å². The van der Waals surface area contributed by atoms with Crippen LogP contribution in [0.25, 0.3) is 11.1 Å². The number of hydrogen-bond acceptors (Lipinski definition) is 3. The molecule has 1 aromatic heterocycles. The van der Waals surface area contributed by atoms with Crippen molar-refractivity contribution in [3.63, 3.8) is 0 Å². The van der Waals surface area contributed by atoms with Gasteiger partial charge in [-0.15, -0.1) is 0 Å². The van der Waals surface area contributed by atoms with E-state index < -0.39 is 11.8 Å². The summed E-state index contributed by atoms with van der Waals surface area (Å²) in [6, 6.07) is 10.2. The monoisotopic (exact) mass is 314 g/mol. The van der Waals surface area contributed by atoms with Crippen LogP contribution in [0.5, 0.6) is 0 Å². The van der Waals surface area contributed by atoms with Crippen molar-refractivity contribution >= 4 is 22.7 Å². The average molecular weight is 314 g/mol. The number of amides is 1. The number of halogens is 1. The molecule has 0 spiro atoms. The van der Waals surface area contributed by atoms with Crippen LogP contribution >= 0.6 is 0 Å². The molecule has 0 saturated heterocycles. The van der Waals surface area contributed by atoms with Crippen LogP contribution in [0, 0.1) is 12.7 Å². The van der Waals surface area contributed by atoms with Gasteiger partial charge in [-0.05, 0) is 49.7 Å². The summed E-state index contributed by atoms with van der Waals surface area (Å²) in [5.74, 6) is -1.34. The molecular weight excluding hydrogens is 299 g/mol. The summed E-state index contributed by atoms with van der Waals surface area (Å²) >= 11 is 0. The zero-order chi connectivity index (χ0) is 16.6. The van der Waals surface area contributed by atoms with Gasteiger partial charge in [-0.1, -0.05) is 12.1 Å². The van der Waals surface area contributed by atoms with E-state index in [0.29, 0.717) is 22.4 Å². The van der Waals surface area contributed by atoms with Crippen molar-refractivity contribution in [2.75, 3.05) is 5.32 Å². The summed E-state index contributed by atoms with van der Waals surface area (Å²) in [5, 5.41) is 2.71. The smallest absolute Gasteiger partial charge is 0.408 e.